The van der Waals surface area contributed by atoms with Crippen LogP contribution in [-0.4, -0.2) is 206 Å². The van der Waals surface area contributed by atoms with Crippen molar-refractivity contribution in [2.24, 2.45) is 5.92 Å². The van der Waals surface area contributed by atoms with E-state index in [1.807, 2.05) is 0 Å². The van der Waals surface area contributed by atoms with Crippen LogP contribution in [0.25, 0.3) is 0 Å². The first kappa shape index (κ1) is 69.1. The van der Waals surface area contributed by atoms with Gasteiger partial charge in [-0.25, -0.2) is 0 Å². The molecule has 4 aliphatic heterocycles. The topological polar surface area (TPSA) is 409 Å². The van der Waals surface area contributed by atoms with Gasteiger partial charge in [-0.1, -0.05) is 44.4 Å². The Hall–Kier alpha value is -6.37. The molecule has 0 spiro atoms. The summed E-state index contributed by atoms with van der Waals surface area (Å²) in [7, 11) is 0. The molecule has 472 valence electrons. The van der Waals surface area contributed by atoms with Gasteiger partial charge in [0.15, 0.2) is 11.5 Å². The number of nitrogens with one attached hydrogen (secondary N) is 5. The van der Waals surface area contributed by atoms with E-state index in [0.29, 0.717) is 19.0 Å². The number of hydrogen-bond donors (Lipinski definition) is 12. The Balaban J connectivity index is 0.0000110. The number of amides is 7. The zero-order valence-corrected chi connectivity index (χ0v) is 51.8. The number of piperazine rings is 1. The van der Waals surface area contributed by atoms with Gasteiger partial charge < -0.3 is 91.4 Å². The molecule has 0 aromatic heterocycles. The van der Waals surface area contributed by atoms with Crippen LogP contribution < -0.4 is 75.4 Å². The molecule has 88 heavy (non-hydrogen) atoms. The predicted octanol–water partition coefficient (Wildman–Crippen LogP) is -5.20. The van der Waals surface area contributed by atoms with E-state index >= 15 is 0 Å². The molecule has 12 N–H and O–H groups in total. The van der Waals surface area contributed by atoms with Gasteiger partial charge in [0.05, 0.1) is 49.1 Å². The molecule has 5 aliphatic rings. The smallest absolute Gasteiger partial charge is 0.691 e. The standard InChI is InChI=1S/C58H76N10O18S.Na/c1-31-29-68-50(51(31)75)56(80)60-28-39(70)26-41(61-52(76)36-11-15-38(16-12-36)66-22-20-65(21-23-66)37-13-9-35(10-14-37)34-6-4-3-5-7-34)53(77)62-47(32(2)69)57(81)67-30-40(71)27-42(67)54(78)63-48(55(79)64-49(58(68)82)44(73)18-19-59)45(74)24-33-8-17-43(72)46(25-33)84-87-86-85-83;/h8-17,25,31-32,34,39-42,44-45,47-51,69-75,83H,3-7,18,20-24,26-30H2,1-2H3,(H,60,80)(H,61,76)(H,62,77)(H,63,78)(H,64,79);/q;+1/p-1/t31?,32?,39-,40?,41-,42?,44+,45+,47?,48?,49-,50?,51-;/m0./s1. The van der Waals surface area contributed by atoms with Crippen LogP contribution in [0.1, 0.15) is 92.6 Å². The van der Waals surface area contributed by atoms with Crippen molar-refractivity contribution in [1.29, 1.82) is 5.26 Å². The number of carbonyl (C=O) groups excluding carboxylic acids is 7. The van der Waals surface area contributed by atoms with E-state index in [1.54, 1.807) is 30.3 Å². The minimum atomic E-state index is -2.15. The molecule has 28 nitrogen and oxygen atoms in total. The number of carbonyl (C=O) groups is 7. The number of rotatable bonds is 15. The number of phenolic OH excluding ortho intramolecular Hbond substituents is 1. The summed E-state index contributed by atoms with van der Waals surface area (Å²) >= 11 is 0.0111. The fraction of sp³-hybridized carbons (Fsp3) is 0.552. The Kier molecular flexibility index (Phi) is 25.0. The fourth-order valence-electron chi connectivity index (χ4n) is 12.0. The number of benzene rings is 3. The number of anilines is 2. The molecule has 7 amide bonds. The second-order valence-corrected chi connectivity index (χ2v) is 23.3. The fourth-order valence-corrected chi connectivity index (χ4v) is 12.2. The molecule has 1 aliphatic carbocycles. The maximum atomic E-state index is 14.6. The first-order valence-electron chi connectivity index (χ1n) is 29.0. The van der Waals surface area contributed by atoms with Crippen molar-refractivity contribution >= 4 is 65.0 Å². The number of nitrogens with zero attached hydrogens (tertiary/aromatic N) is 5. The van der Waals surface area contributed by atoms with Gasteiger partial charge in [0.1, 0.15) is 36.3 Å². The third-order valence-electron chi connectivity index (χ3n) is 16.8. The summed E-state index contributed by atoms with van der Waals surface area (Å²) in [4.78, 5) is 107. The molecule has 0 radical (unpaired) electrons. The summed E-state index contributed by atoms with van der Waals surface area (Å²) in [5.74, 6) is -8.93. The third kappa shape index (κ3) is 17.1. The van der Waals surface area contributed by atoms with E-state index in [0.717, 1.165) is 53.3 Å². The molecule has 13 atom stereocenters. The summed E-state index contributed by atoms with van der Waals surface area (Å²) in [5.41, 5.74) is 3.56. The van der Waals surface area contributed by atoms with Crippen molar-refractivity contribution in [3.8, 4) is 17.6 Å². The normalized spacial score (nSPS) is 27.4. The zero-order valence-electron chi connectivity index (χ0n) is 49.0. The van der Waals surface area contributed by atoms with Gasteiger partial charge in [0.2, 0.25) is 35.4 Å². The SMILES string of the molecule is CC(O)C1NC(=O)[C@@H](NC(=O)c2ccc(N3CCN(c4ccc(C5CCCCC5)cc4)CC3)cc2)C[C@H](O)CNC(=O)C2[C@@H](O)C(C)CN2C(=O)[C@H]([C@H](O)CC#N)NC(=O)C([C@H](O)Cc2ccc(O)c(OSOO[O-])c2)NC(=O)C2CC(O)CN2C1=O.[Na+]. The molecule has 30 heteroatoms. The molecular weight excluding hydrogens is 1180 g/mol. The van der Waals surface area contributed by atoms with Gasteiger partial charge in [-0.05, 0) is 85.3 Å². The predicted molar refractivity (Wildman–Crippen MR) is 307 cm³/mol. The van der Waals surface area contributed by atoms with E-state index in [1.165, 1.54) is 50.7 Å². The average molecular weight is 1260 g/mol. The maximum Gasteiger partial charge on any atom is 1.00 e. The molecule has 4 heterocycles. The van der Waals surface area contributed by atoms with E-state index in [9.17, 15) is 79.8 Å². The molecule has 3 aromatic carbocycles. The molecule has 3 aromatic rings. The van der Waals surface area contributed by atoms with Crippen molar-refractivity contribution in [1.82, 2.24) is 36.4 Å². The zero-order chi connectivity index (χ0) is 62.6. The second kappa shape index (κ2) is 31.9. The average Bonchev–Trinajstić information content (AvgIpc) is 3.09. The van der Waals surface area contributed by atoms with Crippen molar-refractivity contribution in [3.05, 3.63) is 83.4 Å². The van der Waals surface area contributed by atoms with Crippen molar-refractivity contribution < 1.29 is 118 Å². The molecular formula is C58H75N10NaO18S. The van der Waals surface area contributed by atoms with Crippen LogP contribution in [0.2, 0.25) is 0 Å². The van der Waals surface area contributed by atoms with Crippen LogP contribution in [0.5, 0.6) is 11.5 Å². The van der Waals surface area contributed by atoms with Crippen LogP contribution in [0.4, 0.5) is 11.4 Å². The van der Waals surface area contributed by atoms with Crippen molar-refractivity contribution in [2.45, 2.75) is 150 Å². The minimum Gasteiger partial charge on any atom is -0.691 e. The van der Waals surface area contributed by atoms with Crippen LogP contribution in [0, 0.1) is 17.2 Å². The number of aliphatic hydroxyl groups excluding tert-OH is 6. The van der Waals surface area contributed by atoms with Gasteiger partial charge >= 0.3 is 29.6 Å². The van der Waals surface area contributed by atoms with Crippen molar-refractivity contribution in [3.63, 3.8) is 0 Å². The Bertz CT molecular complexity index is 2950. The van der Waals surface area contributed by atoms with Gasteiger partial charge in [-0.2, -0.15) is 5.26 Å². The second-order valence-electron chi connectivity index (χ2n) is 22.9. The maximum absolute atomic E-state index is 14.6. The molecule has 8 rings (SSSR count). The van der Waals surface area contributed by atoms with Crippen molar-refractivity contribution in [2.75, 3.05) is 55.6 Å². The van der Waals surface area contributed by atoms with Crippen LogP contribution in [0.15, 0.2) is 66.7 Å². The van der Waals surface area contributed by atoms with Gasteiger partial charge in [0.25, 0.3) is 18.2 Å². The van der Waals surface area contributed by atoms with E-state index in [-0.39, 0.29) is 65.3 Å². The largest absolute Gasteiger partial charge is 1.00 e. The number of hydrogen-bond acceptors (Lipinski definition) is 22. The number of nitriles is 1. The summed E-state index contributed by atoms with van der Waals surface area (Å²) < 4.78 is 9.16. The first-order chi connectivity index (χ1) is 41.6. The Morgan fingerprint density at radius 2 is 1.38 bits per heavy atom. The van der Waals surface area contributed by atoms with E-state index in [4.69, 9.17) is 4.18 Å². The third-order valence-corrected chi connectivity index (χ3v) is 17.2. The summed E-state index contributed by atoms with van der Waals surface area (Å²) in [6, 6.07) is 9.34. The Morgan fingerprint density at radius 1 is 0.761 bits per heavy atom. The molecule has 7 unspecified atom stereocenters. The minimum absolute atomic E-state index is 0. The number of aliphatic hydroxyl groups is 6. The van der Waals surface area contributed by atoms with Crippen LogP contribution in [-0.2, 0) is 44.6 Å². The van der Waals surface area contributed by atoms with Gasteiger partial charge in [-0.3, -0.25) is 38.6 Å². The summed E-state index contributed by atoms with van der Waals surface area (Å²) in [6.45, 7) is 3.93. The summed E-state index contributed by atoms with van der Waals surface area (Å²) in [5, 5.41) is 114. The van der Waals surface area contributed by atoms with E-state index < -0.39 is 165 Å². The first-order valence-corrected chi connectivity index (χ1v) is 29.7. The number of β-amino-alcohol motifs (C(OH)–C–C–N with tert-alkyl or cyclic N) is 1. The van der Waals surface area contributed by atoms with E-state index in [2.05, 4.69) is 70.0 Å². The van der Waals surface area contributed by atoms with Crippen LogP contribution in [0.3, 0.4) is 0 Å². The van der Waals surface area contributed by atoms with Gasteiger partial charge in [-0.15, -0.1) is 4.33 Å². The van der Waals surface area contributed by atoms with Crippen LogP contribution >= 0.6 is 12.3 Å². The number of aromatic hydroxyl groups is 1. The molecule has 4 saturated heterocycles. The quantitative estimate of drug-likeness (QED) is 0.0222. The number of phenols is 1. The summed E-state index contributed by atoms with van der Waals surface area (Å²) in [6.07, 6.45) is -6.74. The van der Waals surface area contributed by atoms with Gasteiger partial charge in [0, 0.05) is 87.9 Å². The molecule has 1 saturated carbocycles. The molecule has 5 fully saturated rings. The number of fused-ring (bicyclic) bond motifs is 2. The Morgan fingerprint density at radius 3 is 2.00 bits per heavy atom. The Labute approximate surface area is 534 Å². The monoisotopic (exact) mass is 1250 g/mol. The molecule has 0 bridgehead atoms.